The maximum atomic E-state index is 10.4. The second-order valence-corrected chi connectivity index (χ2v) is 4.32. The van der Waals surface area contributed by atoms with Gasteiger partial charge in [0.2, 0.25) is 0 Å². The average Bonchev–Trinajstić information content (AvgIpc) is 2.45. The van der Waals surface area contributed by atoms with Gasteiger partial charge < -0.3 is 5.11 Å². The number of benzene rings is 2. The molecule has 0 aliphatic carbocycles. The Morgan fingerprint density at radius 2 is 1.84 bits per heavy atom. The van der Waals surface area contributed by atoms with Crippen molar-refractivity contribution in [3.8, 4) is 5.75 Å². The Kier molecular flexibility index (Phi) is 4.21. The number of hydrogen-bond acceptors (Lipinski definition) is 3. The molecular formula is C16H17NO2. The molecule has 1 atom stereocenters. The van der Waals surface area contributed by atoms with Gasteiger partial charge in [-0.05, 0) is 36.2 Å². The third kappa shape index (κ3) is 3.14. The lowest BCUT2D eigenvalue weighted by Crippen LogP contribution is -2.24. The van der Waals surface area contributed by atoms with E-state index in [9.17, 15) is 10.3 Å². The van der Waals surface area contributed by atoms with E-state index < -0.39 is 0 Å². The van der Waals surface area contributed by atoms with Crippen LogP contribution in [0.1, 0.15) is 18.0 Å². The lowest BCUT2D eigenvalue weighted by atomic mass is 10.0. The highest BCUT2D eigenvalue weighted by Gasteiger charge is 2.18. The van der Waals surface area contributed by atoms with Gasteiger partial charge in [0.25, 0.3) is 0 Å². The van der Waals surface area contributed by atoms with E-state index >= 15 is 0 Å². The highest BCUT2D eigenvalue weighted by molar-refractivity contribution is 5.46. The molecule has 0 aliphatic rings. The van der Waals surface area contributed by atoms with Crippen molar-refractivity contribution >= 4 is 5.69 Å². The largest absolute Gasteiger partial charge is 0.508 e. The van der Waals surface area contributed by atoms with E-state index in [1.807, 2.05) is 36.4 Å². The minimum absolute atomic E-state index is 0.188. The molecule has 3 nitrogen and oxygen atoms in total. The first kappa shape index (κ1) is 13.2. The summed E-state index contributed by atoms with van der Waals surface area (Å²) in [6, 6.07) is 15.9. The molecule has 1 unspecified atom stereocenters. The Morgan fingerprint density at radius 3 is 2.47 bits per heavy atom. The van der Waals surface area contributed by atoms with Crippen LogP contribution in [0.15, 0.2) is 67.3 Å². The SMILES string of the molecule is C=CCC(c1cccc(O)c1)N(O)c1ccccc1. The van der Waals surface area contributed by atoms with Crippen molar-refractivity contribution in [3.63, 3.8) is 0 Å². The van der Waals surface area contributed by atoms with Crippen molar-refractivity contribution in [2.75, 3.05) is 5.06 Å². The van der Waals surface area contributed by atoms with E-state index in [1.165, 1.54) is 5.06 Å². The lowest BCUT2D eigenvalue weighted by molar-refractivity contribution is 0.216. The summed E-state index contributed by atoms with van der Waals surface area (Å²) in [5.41, 5.74) is 1.55. The number of phenols is 1. The molecule has 2 aromatic carbocycles. The Labute approximate surface area is 113 Å². The summed E-state index contributed by atoms with van der Waals surface area (Å²) < 4.78 is 0. The molecule has 0 saturated heterocycles. The van der Waals surface area contributed by atoms with Crippen molar-refractivity contribution < 1.29 is 10.3 Å². The van der Waals surface area contributed by atoms with E-state index in [0.29, 0.717) is 12.1 Å². The molecule has 0 spiro atoms. The molecule has 0 aromatic heterocycles. The molecular weight excluding hydrogens is 238 g/mol. The van der Waals surface area contributed by atoms with Gasteiger partial charge in [0, 0.05) is 0 Å². The molecule has 0 bridgehead atoms. The summed E-state index contributed by atoms with van der Waals surface area (Å²) in [6.45, 7) is 3.72. The highest BCUT2D eigenvalue weighted by Crippen LogP contribution is 2.29. The van der Waals surface area contributed by atoms with Crippen LogP contribution in [-0.2, 0) is 0 Å². The fourth-order valence-corrected chi connectivity index (χ4v) is 2.03. The standard InChI is InChI=1S/C16H17NO2/c1-2-7-16(13-8-6-11-15(18)12-13)17(19)14-9-4-3-5-10-14/h2-6,8-12,16,18-19H,1,7H2. The van der Waals surface area contributed by atoms with E-state index in [2.05, 4.69) is 6.58 Å². The maximum Gasteiger partial charge on any atom is 0.115 e. The fourth-order valence-electron chi connectivity index (χ4n) is 2.03. The van der Waals surface area contributed by atoms with Gasteiger partial charge in [-0.1, -0.05) is 36.4 Å². The van der Waals surface area contributed by atoms with Crippen LogP contribution < -0.4 is 5.06 Å². The summed E-state index contributed by atoms with van der Waals surface area (Å²) in [7, 11) is 0. The average molecular weight is 255 g/mol. The third-order valence-corrected chi connectivity index (χ3v) is 2.96. The topological polar surface area (TPSA) is 43.7 Å². The number of nitrogens with zero attached hydrogens (tertiary/aromatic N) is 1. The fraction of sp³-hybridized carbons (Fsp3) is 0.125. The molecule has 98 valence electrons. The predicted molar refractivity (Wildman–Crippen MR) is 76.4 cm³/mol. The Hall–Kier alpha value is -2.26. The number of rotatable bonds is 5. The summed E-state index contributed by atoms with van der Waals surface area (Å²) in [6.07, 6.45) is 2.33. The Bertz CT molecular complexity index is 539. The van der Waals surface area contributed by atoms with Gasteiger partial charge in [-0.25, -0.2) is 5.06 Å². The van der Waals surface area contributed by atoms with E-state index in [4.69, 9.17) is 0 Å². The van der Waals surface area contributed by atoms with Crippen molar-refractivity contribution in [3.05, 3.63) is 72.8 Å². The van der Waals surface area contributed by atoms with E-state index in [1.54, 1.807) is 24.3 Å². The molecule has 0 saturated carbocycles. The van der Waals surface area contributed by atoms with Gasteiger partial charge in [-0.3, -0.25) is 5.21 Å². The molecule has 19 heavy (non-hydrogen) atoms. The molecule has 2 rings (SSSR count). The molecule has 0 radical (unpaired) electrons. The smallest absolute Gasteiger partial charge is 0.115 e. The summed E-state index contributed by atoms with van der Waals surface area (Å²) in [4.78, 5) is 0. The lowest BCUT2D eigenvalue weighted by Gasteiger charge is -2.27. The zero-order chi connectivity index (χ0) is 13.7. The minimum Gasteiger partial charge on any atom is -0.508 e. The second-order valence-electron chi connectivity index (χ2n) is 4.32. The zero-order valence-corrected chi connectivity index (χ0v) is 10.6. The number of para-hydroxylation sites is 1. The number of aromatic hydroxyl groups is 1. The molecule has 0 amide bonds. The monoisotopic (exact) mass is 255 g/mol. The molecule has 2 aromatic rings. The predicted octanol–water partition coefficient (Wildman–Crippen LogP) is 3.91. The van der Waals surface area contributed by atoms with E-state index in [0.717, 1.165) is 5.56 Å². The van der Waals surface area contributed by atoms with Crippen LogP contribution >= 0.6 is 0 Å². The number of hydrogen-bond donors (Lipinski definition) is 2. The van der Waals surface area contributed by atoms with Crippen molar-refractivity contribution in [2.45, 2.75) is 12.5 Å². The van der Waals surface area contributed by atoms with Crippen LogP contribution in [0.2, 0.25) is 0 Å². The first-order valence-corrected chi connectivity index (χ1v) is 6.15. The van der Waals surface area contributed by atoms with Gasteiger partial charge in [0.05, 0.1) is 11.7 Å². The summed E-state index contributed by atoms with van der Waals surface area (Å²) in [5, 5.41) is 21.1. The molecule has 0 heterocycles. The van der Waals surface area contributed by atoms with Crippen LogP contribution in [0, 0.1) is 0 Å². The Morgan fingerprint density at radius 1 is 1.11 bits per heavy atom. The van der Waals surface area contributed by atoms with E-state index in [-0.39, 0.29) is 11.8 Å². The van der Waals surface area contributed by atoms with Crippen LogP contribution in [0.3, 0.4) is 0 Å². The highest BCUT2D eigenvalue weighted by atomic mass is 16.5. The van der Waals surface area contributed by atoms with Gasteiger partial charge in [-0.15, -0.1) is 6.58 Å². The minimum atomic E-state index is -0.271. The quantitative estimate of drug-likeness (QED) is 0.629. The van der Waals surface area contributed by atoms with Crippen molar-refractivity contribution in [1.29, 1.82) is 0 Å². The first-order valence-electron chi connectivity index (χ1n) is 6.15. The number of anilines is 1. The second kappa shape index (κ2) is 6.07. The molecule has 2 N–H and O–H groups in total. The van der Waals surface area contributed by atoms with Crippen LogP contribution in [-0.4, -0.2) is 10.3 Å². The van der Waals surface area contributed by atoms with Gasteiger partial charge in [0.15, 0.2) is 0 Å². The van der Waals surface area contributed by atoms with Gasteiger partial charge >= 0.3 is 0 Å². The Balaban J connectivity index is 2.32. The molecule has 0 fully saturated rings. The summed E-state index contributed by atoms with van der Waals surface area (Å²) >= 11 is 0. The number of hydroxylamine groups is 1. The van der Waals surface area contributed by atoms with Crippen molar-refractivity contribution in [2.24, 2.45) is 0 Å². The van der Waals surface area contributed by atoms with Crippen LogP contribution in [0.25, 0.3) is 0 Å². The van der Waals surface area contributed by atoms with Crippen LogP contribution in [0.4, 0.5) is 5.69 Å². The molecule has 3 heteroatoms. The first-order chi connectivity index (χ1) is 9.22. The zero-order valence-electron chi connectivity index (χ0n) is 10.6. The molecule has 0 aliphatic heterocycles. The van der Waals surface area contributed by atoms with Gasteiger partial charge in [-0.2, -0.15) is 0 Å². The van der Waals surface area contributed by atoms with Crippen LogP contribution in [0.5, 0.6) is 5.75 Å². The normalized spacial score (nSPS) is 11.8. The van der Waals surface area contributed by atoms with Crippen molar-refractivity contribution in [1.82, 2.24) is 0 Å². The number of phenolic OH excluding ortho intramolecular Hbond substituents is 1. The summed E-state index contributed by atoms with van der Waals surface area (Å²) in [5.74, 6) is 0.188. The maximum absolute atomic E-state index is 10.4. The third-order valence-electron chi connectivity index (χ3n) is 2.96. The van der Waals surface area contributed by atoms with Gasteiger partial charge in [0.1, 0.15) is 5.75 Å².